The second kappa shape index (κ2) is 4.64. The van der Waals surface area contributed by atoms with Crippen molar-refractivity contribution in [2.24, 2.45) is 21.6 Å². The number of nitrogens with one attached hydrogen (secondary N) is 1. The Kier molecular flexibility index (Phi) is 3.87. The molecule has 3 heteroatoms. The molecule has 0 bridgehead atoms. The van der Waals surface area contributed by atoms with Gasteiger partial charge in [-0.3, -0.25) is 4.99 Å². The van der Waals surface area contributed by atoms with Crippen LogP contribution in [0.3, 0.4) is 0 Å². The second-order valence-corrected chi connectivity index (χ2v) is 6.61. The van der Waals surface area contributed by atoms with Crippen molar-refractivity contribution < 1.29 is 0 Å². The lowest BCUT2D eigenvalue weighted by Crippen LogP contribution is -2.48. The number of nitrogens with zero attached hydrogens (tertiary/aromatic N) is 1. The van der Waals surface area contributed by atoms with Gasteiger partial charge in [-0.15, -0.1) is 0 Å². The maximum absolute atomic E-state index is 5.83. The van der Waals surface area contributed by atoms with E-state index in [1.165, 1.54) is 19.3 Å². The van der Waals surface area contributed by atoms with E-state index >= 15 is 0 Å². The van der Waals surface area contributed by atoms with Crippen molar-refractivity contribution in [3.05, 3.63) is 0 Å². The first-order valence-corrected chi connectivity index (χ1v) is 6.31. The zero-order valence-electron chi connectivity index (χ0n) is 11.4. The molecule has 94 valence electrons. The molecule has 0 saturated heterocycles. The van der Waals surface area contributed by atoms with Crippen molar-refractivity contribution in [1.29, 1.82) is 0 Å². The van der Waals surface area contributed by atoms with Gasteiger partial charge in [-0.2, -0.15) is 0 Å². The van der Waals surface area contributed by atoms with Crippen LogP contribution in [0.2, 0.25) is 0 Å². The summed E-state index contributed by atoms with van der Waals surface area (Å²) in [6.07, 6.45) is 3.63. The smallest absolute Gasteiger partial charge is 0.188 e. The summed E-state index contributed by atoms with van der Waals surface area (Å²) in [5.41, 5.74) is 6.62. The van der Waals surface area contributed by atoms with Gasteiger partial charge >= 0.3 is 0 Å². The molecule has 0 aromatic heterocycles. The summed E-state index contributed by atoms with van der Waals surface area (Å²) in [5.74, 6) is 0.598. The largest absolute Gasteiger partial charge is 0.370 e. The molecule has 1 rings (SSSR count). The minimum atomic E-state index is 0.395. The van der Waals surface area contributed by atoms with Crippen molar-refractivity contribution in [2.45, 2.75) is 59.9 Å². The normalized spacial score (nSPS) is 25.4. The summed E-state index contributed by atoms with van der Waals surface area (Å²) in [5, 5.41) is 3.36. The lowest BCUT2D eigenvalue weighted by molar-refractivity contribution is 0.0921. The van der Waals surface area contributed by atoms with E-state index in [2.05, 4.69) is 38.0 Å². The van der Waals surface area contributed by atoms with Crippen LogP contribution in [-0.2, 0) is 0 Å². The third kappa shape index (κ3) is 4.03. The number of hydrogen-bond donors (Lipinski definition) is 2. The van der Waals surface area contributed by atoms with Crippen molar-refractivity contribution in [3.63, 3.8) is 0 Å². The molecule has 0 aliphatic heterocycles. The van der Waals surface area contributed by atoms with Crippen LogP contribution in [0.15, 0.2) is 4.99 Å². The number of aliphatic imine (C=N–C) groups is 1. The van der Waals surface area contributed by atoms with Gasteiger partial charge in [-0.25, -0.2) is 0 Å². The highest BCUT2D eigenvalue weighted by Gasteiger charge is 2.38. The molecular formula is C13H27N3. The van der Waals surface area contributed by atoms with Crippen molar-refractivity contribution in [1.82, 2.24) is 5.32 Å². The van der Waals surface area contributed by atoms with Gasteiger partial charge in [0.05, 0.1) is 0 Å². The molecule has 3 N–H and O–H groups in total. The van der Waals surface area contributed by atoms with Crippen LogP contribution >= 0.6 is 0 Å². The summed E-state index contributed by atoms with van der Waals surface area (Å²) >= 11 is 0. The van der Waals surface area contributed by atoms with E-state index in [0.29, 0.717) is 22.8 Å². The average molecular weight is 225 g/mol. The Morgan fingerprint density at radius 1 is 1.25 bits per heavy atom. The molecule has 1 aliphatic carbocycles. The van der Waals surface area contributed by atoms with Crippen LogP contribution in [-0.4, -0.2) is 18.5 Å². The number of hydrogen-bond acceptors (Lipinski definition) is 1. The first-order chi connectivity index (χ1) is 7.24. The Balaban J connectivity index is 2.64. The molecule has 1 saturated carbocycles. The van der Waals surface area contributed by atoms with Crippen LogP contribution in [0.5, 0.6) is 0 Å². The Labute approximate surface area is 99.9 Å². The second-order valence-electron chi connectivity index (χ2n) is 6.61. The maximum atomic E-state index is 5.83. The SMILES string of the molecule is CCN=C(N)NC1CC(C)(C)CC(C)(C)C1. The fourth-order valence-electron chi connectivity index (χ4n) is 3.37. The van der Waals surface area contributed by atoms with E-state index in [9.17, 15) is 0 Å². The molecule has 1 aliphatic rings. The van der Waals surface area contributed by atoms with Crippen LogP contribution < -0.4 is 11.1 Å². The predicted octanol–water partition coefficient (Wildman–Crippen LogP) is 2.52. The van der Waals surface area contributed by atoms with Crippen LogP contribution in [0.25, 0.3) is 0 Å². The molecule has 0 heterocycles. The molecule has 16 heavy (non-hydrogen) atoms. The monoisotopic (exact) mass is 225 g/mol. The fraction of sp³-hybridized carbons (Fsp3) is 0.923. The summed E-state index contributed by atoms with van der Waals surface area (Å²) in [6, 6.07) is 0.467. The molecule has 0 atom stereocenters. The van der Waals surface area contributed by atoms with E-state index < -0.39 is 0 Å². The van der Waals surface area contributed by atoms with Gasteiger partial charge in [0.2, 0.25) is 0 Å². The summed E-state index contributed by atoms with van der Waals surface area (Å²) < 4.78 is 0. The van der Waals surface area contributed by atoms with Gasteiger partial charge in [0, 0.05) is 12.6 Å². The lowest BCUT2D eigenvalue weighted by atomic mass is 9.63. The maximum Gasteiger partial charge on any atom is 0.188 e. The van der Waals surface area contributed by atoms with Gasteiger partial charge in [-0.05, 0) is 37.0 Å². The third-order valence-electron chi connectivity index (χ3n) is 3.24. The van der Waals surface area contributed by atoms with Gasteiger partial charge in [-0.1, -0.05) is 27.7 Å². The minimum absolute atomic E-state index is 0.395. The number of nitrogens with two attached hydrogens (primary N) is 1. The molecule has 0 aromatic rings. The number of rotatable bonds is 2. The molecule has 1 fully saturated rings. The Morgan fingerprint density at radius 3 is 2.19 bits per heavy atom. The Bertz CT molecular complexity index is 250. The topological polar surface area (TPSA) is 50.4 Å². The van der Waals surface area contributed by atoms with E-state index in [1.807, 2.05) is 6.92 Å². The highest BCUT2D eigenvalue weighted by atomic mass is 15.1. The van der Waals surface area contributed by atoms with Crippen molar-refractivity contribution >= 4 is 5.96 Å². The zero-order valence-corrected chi connectivity index (χ0v) is 11.4. The van der Waals surface area contributed by atoms with Gasteiger partial charge in [0.1, 0.15) is 0 Å². The molecule has 3 nitrogen and oxygen atoms in total. The summed E-state index contributed by atoms with van der Waals surface area (Å²) in [6.45, 7) is 12.1. The van der Waals surface area contributed by atoms with E-state index in [1.54, 1.807) is 0 Å². The van der Waals surface area contributed by atoms with E-state index in [-0.39, 0.29) is 0 Å². The van der Waals surface area contributed by atoms with E-state index in [0.717, 1.165) is 6.54 Å². The van der Waals surface area contributed by atoms with Crippen LogP contribution in [0, 0.1) is 10.8 Å². The average Bonchev–Trinajstić information content (AvgIpc) is 1.96. The Hall–Kier alpha value is -0.730. The highest BCUT2D eigenvalue weighted by molar-refractivity contribution is 5.78. The zero-order chi connectivity index (χ0) is 12.4. The highest BCUT2D eigenvalue weighted by Crippen LogP contribution is 2.45. The molecule has 0 unspecified atom stereocenters. The predicted molar refractivity (Wildman–Crippen MR) is 70.5 cm³/mol. The van der Waals surface area contributed by atoms with Crippen LogP contribution in [0.4, 0.5) is 0 Å². The molecular weight excluding hydrogens is 198 g/mol. The van der Waals surface area contributed by atoms with Crippen molar-refractivity contribution in [2.75, 3.05) is 6.54 Å². The molecule has 0 radical (unpaired) electrons. The summed E-state index contributed by atoms with van der Waals surface area (Å²) in [7, 11) is 0. The first-order valence-electron chi connectivity index (χ1n) is 6.31. The molecule has 0 spiro atoms. The first kappa shape index (κ1) is 13.3. The minimum Gasteiger partial charge on any atom is -0.370 e. The Morgan fingerprint density at radius 2 is 1.75 bits per heavy atom. The van der Waals surface area contributed by atoms with Crippen molar-refractivity contribution in [3.8, 4) is 0 Å². The standard InChI is InChI=1S/C13H27N3/c1-6-15-11(14)16-10-7-12(2,3)9-13(4,5)8-10/h10H,6-9H2,1-5H3,(H3,14,15,16). The quantitative estimate of drug-likeness (QED) is 0.560. The molecule has 0 amide bonds. The van der Waals surface area contributed by atoms with Gasteiger partial charge in [0.15, 0.2) is 5.96 Å². The van der Waals surface area contributed by atoms with E-state index in [4.69, 9.17) is 5.73 Å². The number of guanidine groups is 1. The lowest BCUT2D eigenvalue weighted by Gasteiger charge is -2.45. The van der Waals surface area contributed by atoms with Gasteiger partial charge < -0.3 is 11.1 Å². The third-order valence-corrected chi connectivity index (χ3v) is 3.24. The fourth-order valence-corrected chi connectivity index (χ4v) is 3.37. The summed E-state index contributed by atoms with van der Waals surface area (Å²) in [4.78, 5) is 4.20. The molecule has 0 aromatic carbocycles. The van der Waals surface area contributed by atoms with Gasteiger partial charge in [0.25, 0.3) is 0 Å². The van der Waals surface area contributed by atoms with Crippen LogP contribution in [0.1, 0.15) is 53.9 Å².